The van der Waals surface area contributed by atoms with Crippen molar-refractivity contribution in [3.8, 4) is 11.5 Å². The number of carbonyl (C=O) groups is 2. The van der Waals surface area contributed by atoms with E-state index in [1.807, 2.05) is 24.3 Å². The third kappa shape index (κ3) is 3.90. The number of hydrogen-bond donors (Lipinski definition) is 0. The van der Waals surface area contributed by atoms with Crippen molar-refractivity contribution in [1.29, 1.82) is 0 Å². The molecule has 0 aromatic heterocycles. The van der Waals surface area contributed by atoms with Gasteiger partial charge in [-0.2, -0.15) is 0 Å². The van der Waals surface area contributed by atoms with Gasteiger partial charge in [0.2, 0.25) is 6.79 Å². The van der Waals surface area contributed by atoms with Gasteiger partial charge in [-0.15, -0.1) is 11.8 Å². The predicted molar refractivity (Wildman–Crippen MR) is 108 cm³/mol. The lowest BCUT2D eigenvalue weighted by atomic mass is 10.1. The molecule has 4 rings (SSSR count). The summed E-state index contributed by atoms with van der Waals surface area (Å²) < 4.78 is 15.4. The van der Waals surface area contributed by atoms with Gasteiger partial charge in [-0.3, -0.25) is 14.9 Å². The zero-order valence-corrected chi connectivity index (χ0v) is 16.8. The number of ether oxygens (including phenoxy) is 3. The van der Waals surface area contributed by atoms with Gasteiger partial charge in [-0.25, -0.2) is 4.79 Å². The summed E-state index contributed by atoms with van der Waals surface area (Å²) in [6.07, 6.45) is 0.784. The molecule has 1 atom stereocenters. The fourth-order valence-corrected chi connectivity index (χ4v) is 4.39. The van der Waals surface area contributed by atoms with E-state index in [1.54, 1.807) is 16.7 Å². The molecule has 1 unspecified atom stereocenters. The smallest absolute Gasteiger partial charge is 0.345 e. The van der Waals surface area contributed by atoms with Crippen LogP contribution in [0.3, 0.4) is 0 Å². The Morgan fingerprint density at radius 1 is 1.27 bits per heavy atom. The van der Waals surface area contributed by atoms with Crippen LogP contribution in [0.4, 0.5) is 11.4 Å². The zero-order chi connectivity index (χ0) is 21.3. The number of nitro benzene ring substituents is 1. The number of para-hydroxylation sites is 1. The van der Waals surface area contributed by atoms with Crippen LogP contribution in [0.25, 0.3) is 0 Å². The molecule has 2 heterocycles. The fraction of sp³-hybridized carbons (Fsp3) is 0.300. The lowest BCUT2D eigenvalue weighted by Crippen LogP contribution is -2.35. The van der Waals surface area contributed by atoms with Crippen molar-refractivity contribution in [3.05, 3.63) is 52.1 Å². The summed E-state index contributed by atoms with van der Waals surface area (Å²) in [7, 11) is 0. The van der Waals surface area contributed by atoms with Gasteiger partial charge in [0, 0.05) is 22.8 Å². The molecule has 2 aromatic carbocycles. The van der Waals surface area contributed by atoms with Crippen molar-refractivity contribution in [2.24, 2.45) is 0 Å². The van der Waals surface area contributed by atoms with Gasteiger partial charge in [0.05, 0.1) is 16.7 Å². The van der Waals surface area contributed by atoms with Gasteiger partial charge in [-0.05, 0) is 18.6 Å². The molecule has 2 aromatic rings. The summed E-state index contributed by atoms with van der Waals surface area (Å²) in [5.41, 5.74) is 0.00138. The topological polar surface area (TPSA) is 108 Å². The molecule has 0 spiro atoms. The standard InChI is InChI=1S/C20H18N2O7S/c1-12-6-7-21(14-4-2-3-5-18(14)30-12)19(23)10-27-20(24)13-8-16-17(29-11-28-16)9-15(13)22(25)26/h2-5,8-9,12H,6-7,10-11H2,1H3. The maximum Gasteiger partial charge on any atom is 0.345 e. The Kier molecular flexibility index (Phi) is 5.49. The van der Waals surface area contributed by atoms with E-state index < -0.39 is 29.1 Å². The number of hydrogen-bond acceptors (Lipinski definition) is 8. The van der Waals surface area contributed by atoms with Gasteiger partial charge < -0.3 is 19.1 Å². The molecule has 2 aliphatic heterocycles. The minimum absolute atomic E-state index is 0.0890. The Morgan fingerprint density at radius 2 is 2.00 bits per heavy atom. The first-order valence-corrected chi connectivity index (χ1v) is 10.1. The van der Waals surface area contributed by atoms with Crippen molar-refractivity contribution in [3.63, 3.8) is 0 Å². The van der Waals surface area contributed by atoms with Crippen molar-refractivity contribution >= 4 is 35.0 Å². The molecule has 2 aliphatic rings. The van der Waals surface area contributed by atoms with Crippen molar-refractivity contribution in [2.75, 3.05) is 24.8 Å². The number of nitro groups is 1. The number of thioether (sulfide) groups is 1. The number of esters is 1. The van der Waals surface area contributed by atoms with Crippen molar-refractivity contribution in [2.45, 2.75) is 23.5 Å². The fourth-order valence-electron chi connectivity index (χ4n) is 3.27. The summed E-state index contributed by atoms with van der Waals surface area (Å²) in [6.45, 7) is 1.96. The summed E-state index contributed by atoms with van der Waals surface area (Å²) in [4.78, 5) is 38.6. The average molecular weight is 430 g/mol. The number of carbonyl (C=O) groups excluding carboxylic acids is 2. The van der Waals surface area contributed by atoms with E-state index in [0.29, 0.717) is 11.8 Å². The molecule has 10 heteroatoms. The Labute approximate surface area is 176 Å². The Balaban J connectivity index is 1.51. The Bertz CT molecular complexity index is 1030. The third-order valence-electron chi connectivity index (χ3n) is 4.78. The highest BCUT2D eigenvalue weighted by atomic mass is 32.2. The number of benzene rings is 2. The average Bonchev–Trinajstić information content (AvgIpc) is 3.12. The SMILES string of the molecule is CC1CCN(C(=O)COC(=O)c2cc3c(cc2[N+](=O)[O-])OCO3)c2ccccc2S1. The normalized spacial score (nSPS) is 17.1. The van der Waals surface area contributed by atoms with Crippen LogP contribution in [0.2, 0.25) is 0 Å². The second-order valence-corrected chi connectivity index (χ2v) is 8.27. The second-order valence-electron chi connectivity index (χ2n) is 6.79. The van der Waals surface area contributed by atoms with Gasteiger partial charge in [-0.1, -0.05) is 19.1 Å². The van der Waals surface area contributed by atoms with Crippen LogP contribution >= 0.6 is 11.8 Å². The van der Waals surface area contributed by atoms with E-state index >= 15 is 0 Å². The third-order valence-corrected chi connectivity index (χ3v) is 6.02. The minimum Gasteiger partial charge on any atom is -0.454 e. The Hall–Kier alpha value is -3.27. The number of amides is 1. The first kappa shape index (κ1) is 20.0. The van der Waals surface area contributed by atoms with Gasteiger partial charge in [0.25, 0.3) is 11.6 Å². The highest BCUT2D eigenvalue weighted by molar-refractivity contribution is 8.00. The molecule has 0 aliphatic carbocycles. The summed E-state index contributed by atoms with van der Waals surface area (Å²) in [6, 6.07) is 9.87. The van der Waals surface area contributed by atoms with Crippen LogP contribution in [0.15, 0.2) is 41.3 Å². The molecule has 9 nitrogen and oxygen atoms in total. The number of nitrogens with zero attached hydrogens (tertiary/aromatic N) is 2. The van der Waals surface area contributed by atoms with E-state index in [2.05, 4.69) is 6.92 Å². The van der Waals surface area contributed by atoms with Gasteiger partial charge >= 0.3 is 5.97 Å². The summed E-state index contributed by atoms with van der Waals surface area (Å²) >= 11 is 1.69. The largest absolute Gasteiger partial charge is 0.454 e. The second kappa shape index (κ2) is 8.23. The Morgan fingerprint density at radius 3 is 2.77 bits per heavy atom. The van der Waals surface area contributed by atoms with E-state index in [1.165, 1.54) is 6.07 Å². The number of fused-ring (bicyclic) bond motifs is 2. The molecule has 0 bridgehead atoms. The number of anilines is 1. The maximum atomic E-state index is 12.8. The van der Waals surface area contributed by atoms with Crippen LogP contribution in [0.1, 0.15) is 23.7 Å². The lowest BCUT2D eigenvalue weighted by Gasteiger charge is -2.22. The maximum absolute atomic E-state index is 12.8. The van der Waals surface area contributed by atoms with Gasteiger partial charge in [0.1, 0.15) is 5.56 Å². The molecule has 156 valence electrons. The van der Waals surface area contributed by atoms with Crippen molar-refractivity contribution < 1.29 is 28.7 Å². The van der Waals surface area contributed by atoms with Crippen LogP contribution in [-0.4, -0.2) is 42.0 Å². The number of rotatable bonds is 4. The molecular formula is C20H18N2O7S. The molecule has 0 fully saturated rings. The van der Waals surface area contributed by atoms with E-state index in [-0.39, 0.29) is 23.9 Å². The van der Waals surface area contributed by atoms with Crippen LogP contribution in [0.5, 0.6) is 11.5 Å². The lowest BCUT2D eigenvalue weighted by molar-refractivity contribution is -0.385. The molecular weight excluding hydrogens is 412 g/mol. The first-order valence-electron chi connectivity index (χ1n) is 9.25. The summed E-state index contributed by atoms with van der Waals surface area (Å²) in [5, 5.41) is 11.7. The first-order chi connectivity index (χ1) is 14.4. The van der Waals surface area contributed by atoms with Crippen LogP contribution < -0.4 is 14.4 Å². The van der Waals surface area contributed by atoms with E-state index in [0.717, 1.165) is 23.1 Å². The molecule has 30 heavy (non-hydrogen) atoms. The van der Waals surface area contributed by atoms with Crippen molar-refractivity contribution in [1.82, 2.24) is 0 Å². The molecule has 1 amide bonds. The monoisotopic (exact) mass is 430 g/mol. The highest BCUT2D eigenvalue weighted by Gasteiger charge is 2.30. The minimum atomic E-state index is -0.973. The highest BCUT2D eigenvalue weighted by Crippen LogP contribution is 2.39. The van der Waals surface area contributed by atoms with Crippen LogP contribution in [-0.2, 0) is 9.53 Å². The molecule has 0 radical (unpaired) electrons. The molecule has 0 saturated heterocycles. The molecule has 0 N–H and O–H groups in total. The van der Waals surface area contributed by atoms with Gasteiger partial charge in [0.15, 0.2) is 18.1 Å². The van der Waals surface area contributed by atoms with E-state index in [4.69, 9.17) is 14.2 Å². The molecule has 0 saturated carbocycles. The zero-order valence-electron chi connectivity index (χ0n) is 16.0. The van der Waals surface area contributed by atoms with E-state index in [9.17, 15) is 19.7 Å². The summed E-state index contributed by atoms with van der Waals surface area (Å²) in [5.74, 6) is -0.971. The van der Waals surface area contributed by atoms with Crippen LogP contribution in [0, 0.1) is 10.1 Å². The quantitative estimate of drug-likeness (QED) is 0.413. The predicted octanol–water partition coefficient (Wildman–Crippen LogP) is 3.40.